The lowest BCUT2D eigenvalue weighted by molar-refractivity contribution is -0.0262. The summed E-state index contributed by atoms with van der Waals surface area (Å²) >= 11 is 3.16. The van der Waals surface area contributed by atoms with Crippen LogP contribution < -0.4 is 5.73 Å². The average molecular weight is 264 g/mol. The second-order valence-electron chi connectivity index (χ2n) is 3.37. The minimum atomic E-state index is -2.98. The summed E-state index contributed by atoms with van der Waals surface area (Å²) in [6.45, 7) is 2.96. The van der Waals surface area contributed by atoms with Gasteiger partial charge in [-0.1, -0.05) is 22.0 Å². The molecule has 0 spiro atoms. The second kappa shape index (κ2) is 3.95. The summed E-state index contributed by atoms with van der Waals surface area (Å²) in [5.74, 6) is -2.98. The average Bonchev–Trinajstić information content (AvgIpc) is 2.08. The van der Waals surface area contributed by atoms with Gasteiger partial charge in [0.2, 0.25) is 0 Å². The van der Waals surface area contributed by atoms with Gasteiger partial charge >= 0.3 is 0 Å². The Balaban J connectivity index is 3.24. The first-order valence-electron chi connectivity index (χ1n) is 4.25. The molecule has 1 unspecified atom stereocenters. The molecule has 0 heterocycles. The van der Waals surface area contributed by atoms with E-state index in [1.807, 2.05) is 0 Å². The zero-order valence-electron chi connectivity index (χ0n) is 8.02. The van der Waals surface area contributed by atoms with Gasteiger partial charge in [0.05, 0.1) is 6.04 Å². The van der Waals surface area contributed by atoms with E-state index in [4.69, 9.17) is 5.73 Å². The highest BCUT2D eigenvalue weighted by Gasteiger charge is 2.37. The van der Waals surface area contributed by atoms with E-state index in [1.54, 1.807) is 19.1 Å². The highest BCUT2D eigenvalue weighted by molar-refractivity contribution is 9.10. The molecule has 0 saturated heterocycles. The molecule has 0 saturated carbocycles. The molecule has 1 atom stereocenters. The lowest BCUT2D eigenvalue weighted by Crippen LogP contribution is -2.36. The van der Waals surface area contributed by atoms with Gasteiger partial charge in [-0.25, -0.2) is 0 Å². The molecule has 2 N–H and O–H groups in total. The molecule has 14 heavy (non-hydrogen) atoms. The highest BCUT2D eigenvalue weighted by Crippen LogP contribution is 2.34. The maximum Gasteiger partial charge on any atom is 0.288 e. The van der Waals surface area contributed by atoms with Gasteiger partial charge in [-0.05, 0) is 31.5 Å². The molecule has 0 aliphatic rings. The quantitative estimate of drug-likeness (QED) is 0.872. The lowest BCUT2D eigenvalue weighted by atomic mass is 9.98. The molecule has 0 aliphatic carbocycles. The number of hydrogen-bond acceptors (Lipinski definition) is 1. The molecule has 1 rings (SSSR count). The van der Waals surface area contributed by atoms with Crippen molar-refractivity contribution in [2.45, 2.75) is 25.8 Å². The maximum absolute atomic E-state index is 13.6. The van der Waals surface area contributed by atoms with Crippen LogP contribution in [0.3, 0.4) is 0 Å². The van der Waals surface area contributed by atoms with Gasteiger partial charge in [-0.2, -0.15) is 8.78 Å². The van der Waals surface area contributed by atoms with E-state index in [0.29, 0.717) is 10.0 Å². The lowest BCUT2D eigenvalue weighted by Gasteiger charge is -2.22. The number of rotatable bonds is 2. The Kier molecular flexibility index (Phi) is 3.27. The van der Waals surface area contributed by atoms with Crippen molar-refractivity contribution < 1.29 is 8.78 Å². The fourth-order valence-electron chi connectivity index (χ4n) is 1.20. The number of aryl methyl sites for hydroxylation is 1. The molecule has 1 aromatic rings. The van der Waals surface area contributed by atoms with Gasteiger partial charge in [0, 0.05) is 10.0 Å². The monoisotopic (exact) mass is 263 g/mol. The summed E-state index contributed by atoms with van der Waals surface area (Å²) in [5, 5.41) is 0. The van der Waals surface area contributed by atoms with Crippen LogP contribution >= 0.6 is 15.9 Å². The second-order valence-corrected chi connectivity index (χ2v) is 4.29. The Hall–Kier alpha value is -0.480. The van der Waals surface area contributed by atoms with Crippen LogP contribution in [0.5, 0.6) is 0 Å². The molecule has 1 nitrogen and oxygen atoms in total. The van der Waals surface area contributed by atoms with Gasteiger partial charge < -0.3 is 5.73 Å². The van der Waals surface area contributed by atoms with Crippen LogP contribution in [-0.2, 0) is 5.92 Å². The van der Waals surface area contributed by atoms with E-state index in [0.717, 1.165) is 0 Å². The van der Waals surface area contributed by atoms with Crippen molar-refractivity contribution in [3.63, 3.8) is 0 Å². The van der Waals surface area contributed by atoms with Crippen LogP contribution in [0, 0.1) is 6.92 Å². The van der Waals surface area contributed by atoms with Crippen molar-refractivity contribution in [2.24, 2.45) is 5.73 Å². The molecule has 0 fully saturated rings. The van der Waals surface area contributed by atoms with Crippen molar-refractivity contribution in [1.29, 1.82) is 0 Å². The minimum absolute atomic E-state index is 0.0122. The van der Waals surface area contributed by atoms with Gasteiger partial charge in [0.15, 0.2) is 0 Å². The van der Waals surface area contributed by atoms with Crippen LogP contribution in [0.4, 0.5) is 8.78 Å². The summed E-state index contributed by atoms with van der Waals surface area (Å²) in [4.78, 5) is 0. The maximum atomic E-state index is 13.6. The van der Waals surface area contributed by atoms with Crippen LogP contribution in [0.2, 0.25) is 0 Å². The topological polar surface area (TPSA) is 26.0 Å². The summed E-state index contributed by atoms with van der Waals surface area (Å²) in [5.41, 5.74) is 5.80. The number of benzene rings is 1. The van der Waals surface area contributed by atoms with Gasteiger partial charge in [-0.15, -0.1) is 0 Å². The van der Waals surface area contributed by atoms with Crippen molar-refractivity contribution in [3.8, 4) is 0 Å². The molecule has 0 radical (unpaired) electrons. The molecule has 0 amide bonds. The van der Waals surface area contributed by atoms with Gasteiger partial charge in [-0.3, -0.25) is 0 Å². The molecule has 1 aromatic carbocycles. The molecule has 0 aromatic heterocycles. The van der Waals surface area contributed by atoms with E-state index in [2.05, 4.69) is 15.9 Å². The summed E-state index contributed by atoms with van der Waals surface area (Å²) in [6, 6.07) is 3.61. The Morgan fingerprint density at radius 1 is 1.43 bits per heavy atom. The van der Waals surface area contributed by atoms with Crippen LogP contribution in [0.25, 0.3) is 0 Å². The third-order valence-electron chi connectivity index (χ3n) is 2.13. The normalized spacial score (nSPS) is 14.1. The molecule has 0 aliphatic heterocycles. The first-order valence-corrected chi connectivity index (χ1v) is 5.05. The smallest absolute Gasteiger partial charge is 0.288 e. The molecule has 0 bridgehead atoms. The van der Waals surface area contributed by atoms with E-state index < -0.39 is 12.0 Å². The van der Waals surface area contributed by atoms with Crippen molar-refractivity contribution in [2.75, 3.05) is 0 Å². The predicted octanol–water partition coefficient (Wildman–Crippen LogP) is 3.20. The SMILES string of the molecule is Cc1ccc(Br)cc1C(F)(F)C(C)N. The Bertz CT molecular complexity index is 337. The minimum Gasteiger partial charge on any atom is -0.323 e. The Morgan fingerprint density at radius 2 is 2.00 bits per heavy atom. The zero-order chi connectivity index (χ0) is 10.9. The Morgan fingerprint density at radius 3 is 2.50 bits per heavy atom. The number of halogens is 3. The Labute approximate surface area is 90.4 Å². The van der Waals surface area contributed by atoms with E-state index in [1.165, 1.54) is 13.0 Å². The van der Waals surface area contributed by atoms with Crippen LogP contribution in [0.15, 0.2) is 22.7 Å². The van der Waals surface area contributed by atoms with Gasteiger partial charge in [0.25, 0.3) is 5.92 Å². The third kappa shape index (κ3) is 2.12. The number of hydrogen-bond donors (Lipinski definition) is 1. The summed E-state index contributed by atoms with van der Waals surface area (Å²) in [6.07, 6.45) is 0. The predicted molar refractivity (Wildman–Crippen MR) is 56.4 cm³/mol. The summed E-state index contributed by atoms with van der Waals surface area (Å²) in [7, 11) is 0. The number of nitrogens with two attached hydrogens (primary N) is 1. The largest absolute Gasteiger partial charge is 0.323 e. The van der Waals surface area contributed by atoms with E-state index >= 15 is 0 Å². The van der Waals surface area contributed by atoms with Crippen molar-refractivity contribution >= 4 is 15.9 Å². The third-order valence-corrected chi connectivity index (χ3v) is 2.62. The summed E-state index contributed by atoms with van der Waals surface area (Å²) < 4.78 is 27.8. The molecular formula is C10H12BrF2N. The first-order chi connectivity index (χ1) is 6.35. The molecule has 78 valence electrons. The molecule has 4 heteroatoms. The first kappa shape index (κ1) is 11.6. The molecular weight excluding hydrogens is 252 g/mol. The fraction of sp³-hybridized carbons (Fsp3) is 0.400. The van der Waals surface area contributed by atoms with Crippen LogP contribution in [0.1, 0.15) is 18.1 Å². The standard InChI is InChI=1S/C10H12BrF2N/c1-6-3-4-8(11)5-9(6)10(12,13)7(2)14/h3-5,7H,14H2,1-2H3. The zero-order valence-corrected chi connectivity index (χ0v) is 9.61. The van der Waals surface area contributed by atoms with E-state index in [-0.39, 0.29) is 5.56 Å². The fourth-order valence-corrected chi connectivity index (χ4v) is 1.56. The van der Waals surface area contributed by atoms with Crippen LogP contribution in [-0.4, -0.2) is 6.04 Å². The van der Waals surface area contributed by atoms with Crippen molar-refractivity contribution in [3.05, 3.63) is 33.8 Å². The van der Waals surface area contributed by atoms with Crippen molar-refractivity contribution in [1.82, 2.24) is 0 Å². The number of alkyl halides is 2. The van der Waals surface area contributed by atoms with Gasteiger partial charge in [0.1, 0.15) is 0 Å². The highest BCUT2D eigenvalue weighted by atomic mass is 79.9. The van der Waals surface area contributed by atoms with E-state index in [9.17, 15) is 8.78 Å².